The summed E-state index contributed by atoms with van der Waals surface area (Å²) in [4.78, 5) is 13.7. The lowest BCUT2D eigenvalue weighted by atomic mass is 10.1. The van der Waals surface area contributed by atoms with E-state index in [1.807, 2.05) is 13.0 Å². The highest BCUT2D eigenvalue weighted by atomic mass is 32.1. The van der Waals surface area contributed by atoms with Crippen molar-refractivity contribution in [3.8, 4) is 5.75 Å². The van der Waals surface area contributed by atoms with Crippen LogP contribution >= 0.6 is 11.3 Å². The van der Waals surface area contributed by atoms with E-state index in [0.717, 1.165) is 4.88 Å². The van der Waals surface area contributed by atoms with Crippen molar-refractivity contribution in [2.24, 2.45) is 0 Å². The summed E-state index contributed by atoms with van der Waals surface area (Å²) in [6.07, 6.45) is -0.808. The maximum Gasteiger partial charge on any atom is 0.330 e. The number of hydrogen-bond donors (Lipinski definition) is 0. The number of benzene rings is 1. The summed E-state index contributed by atoms with van der Waals surface area (Å²) in [7, 11) is 1.39. The molecule has 27 heavy (non-hydrogen) atoms. The molecule has 2 rings (SSSR count). The highest BCUT2D eigenvalue weighted by molar-refractivity contribution is 7.14. The maximum atomic E-state index is 12.9. The number of rotatable bonds is 9. The summed E-state index contributed by atoms with van der Waals surface area (Å²) in [5, 5.41) is 0. The number of carbonyl (C=O) groups excluding carboxylic acids is 1. The molecule has 0 bridgehead atoms. The number of ether oxygens (including phenoxy) is 2. The molecular weight excluding hydrogens is 384 g/mol. The van der Waals surface area contributed by atoms with E-state index < -0.39 is 19.0 Å². The number of ketones is 1. The van der Waals surface area contributed by atoms with Gasteiger partial charge in [0.05, 0.1) is 18.6 Å². The quantitative estimate of drug-likeness (QED) is 0.321. The maximum absolute atomic E-state index is 12.9. The lowest BCUT2D eigenvalue weighted by molar-refractivity contribution is -0.168. The number of methoxy groups -OCH3 is 1. The Bertz CT molecular complexity index is 815. The fraction of sp³-hybridized carbons (Fsp3) is 0.316. The Hall–Kier alpha value is -2.19. The van der Waals surface area contributed by atoms with Gasteiger partial charge in [0, 0.05) is 10.4 Å². The number of hydrogen-bond acceptors (Lipinski definition) is 4. The predicted octanol–water partition coefficient (Wildman–Crippen LogP) is 5.38. The molecule has 0 saturated heterocycles. The van der Waals surface area contributed by atoms with E-state index in [4.69, 9.17) is 9.47 Å². The molecule has 0 atom stereocenters. The largest absolute Gasteiger partial charge is 0.496 e. The van der Waals surface area contributed by atoms with E-state index >= 15 is 0 Å². The zero-order valence-electron chi connectivity index (χ0n) is 14.7. The van der Waals surface area contributed by atoms with Crippen molar-refractivity contribution in [3.05, 3.63) is 57.3 Å². The van der Waals surface area contributed by atoms with Crippen LogP contribution in [0, 0.1) is 6.92 Å². The van der Waals surface area contributed by atoms with Gasteiger partial charge in [-0.3, -0.25) is 4.79 Å². The molecule has 0 N–H and O–H groups in total. The van der Waals surface area contributed by atoms with Gasteiger partial charge in [-0.15, -0.1) is 11.3 Å². The lowest BCUT2D eigenvalue weighted by Crippen LogP contribution is -2.32. The number of halogens is 4. The zero-order chi connectivity index (χ0) is 20.0. The van der Waals surface area contributed by atoms with E-state index in [1.54, 1.807) is 30.3 Å². The summed E-state index contributed by atoms with van der Waals surface area (Å²) in [5.74, 6) is -4.00. The molecule has 0 spiro atoms. The second-order valence-electron chi connectivity index (χ2n) is 5.73. The first-order chi connectivity index (χ1) is 12.7. The van der Waals surface area contributed by atoms with Gasteiger partial charge in [-0.2, -0.15) is 8.78 Å². The van der Waals surface area contributed by atoms with Gasteiger partial charge in [0.25, 0.3) is 0 Å². The molecule has 0 aliphatic carbocycles. The van der Waals surface area contributed by atoms with Gasteiger partial charge in [-0.05, 0) is 42.8 Å². The second kappa shape index (κ2) is 9.14. The monoisotopic (exact) mass is 402 g/mol. The van der Waals surface area contributed by atoms with Gasteiger partial charge in [-0.25, -0.2) is 8.78 Å². The Morgan fingerprint density at radius 3 is 2.59 bits per heavy atom. The highest BCUT2D eigenvalue weighted by Gasteiger charge is 2.40. The van der Waals surface area contributed by atoms with Crippen molar-refractivity contribution >= 4 is 23.2 Å². The van der Waals surface area contributed by atoms with Crippen molar-refractivity contribution in [2.75, 3.05) is 13.7 Å². The molecule has 0 amide bonds. The fourth-order valence-electron chi connectivity index (χ4n) is 2.20. The summed E-state index contributed by atoms with van der Waals surface area (Å²) < 4.78 is 60.1. The average Bonchev–Trinajstić information content (AvgIpc) is 3.06. The van der Waals surface area contributed by atoms with E-state index in [1.165, 1.54) is 24.5 Å². The molecule has 0 unspecified atom stereocenters. The molecule has 3 nitrogen and oxygen atoms in total. The normalized spacial score (nSPS) is 12.1. The lowest BCUT2D eigenvalue weighted by Gasteiger charge is -2.16. The fourth-order valence-corrected chi connectivity index (χ4v) is 2.98. The Kier molecular flexibility index (Phi) is 7.15. The van der Waals surface area contributed by atoms with Crippen LogP contribution in [-0.2, 0) is 11.3 Å². The van der Waals surface area contributed by atoms with Crippen molar-refractivity contribution in [3.63, 3.8) is 0 Å². The Labute approximate surface area is 158 Å². The molecular formula is C19H18F4O3S. The molecule has 0 radical (unpaired) electrons. The van der Waals surface area contributed by atoms with Gasteiger partial charge in [0.15, 0.2) is 5.78 Å². The molecule has 146 valence electrons. The summed E-state index contributed by atoms with van der Waals surface area (Å²) in [5.41, 5.74) is 1.03. The van der Waals surface area contributed by atoms with E-state index in [0.29, 0.717) is 21.8 Å². The SMILES string of the molecule is COc1ccc(/C=C/C(=O)c2ccc(C)s2)cc1COCC(F)(F)C(F)F. The van der Waals surface area contributed by atoms with Gasteiger partial charge in [0.1, 0.15) is 12.4 Å². The van der Waals surface area contributed by atoms with Crippen LogP contribution < -0.4 is 4.74 Å². The van der Waals surface area contributed by atoms with Crippen molar-refractivity contribution in [1.29, 1.82) is 0 Å². The summed E-state index contributed by atoms with van der Waals surface area (Å²) in [6.45, 7) is 0.174. The molecule has 0 saturated carbocycles. The van der Waals surface area contributed by atoms with Crippen molar-refractivity contribution in [1.82, 2.24) is 0 Å². The summed E-state index contributed by atoms with van der Waals surface area (Å²) in [6, 6.07) is 8.44. The van der Waals surface area contributed by atoms with E-state index in [9.17, 15) is 22.4 Å². The van der Waals surface area contributed by atoms with Crippen LogP contribution in [0.1, 0.15) is 25.7 Å². The first-order valence-electron chi connectivity index (χ1n) is 7.92. The molecule has 2 aromatic rings. The third kappa shape index (κ3) is 5.90. The van der Waals surface area contributed by atoms with Crippen LogP contribution in [0.2, 0.25) is 0 Å². The number of thiophene rings is 1. The minimum atomic E-state index is -4.21. The minimum Gasteiger partial charge on any atom is -0.496 e. The van der Waals surface area contributed by atoms with Crippen LogP contribution in [0.15, 0.2) is 36.4 Å². The topological polar surface area (TPSA) is 35.5 Å². The van der Waals surface area contributed by atoms with Crippen molar-refractivity contribution < 1.29 is 31.8 Å². The Morgan fingerprint density at radius 1 is 1.26 bits per heavy atom. The van der Waals surface area contributed by atoms with E-state index in [-0.39, 0.29) is 12.4 Å². The van der Waals surface area contributed by atoms with Gasteiger partial charge in [-0.1, -0.05) is 12.1 Å². The Balaban J connectivity index is 2.07. The molecule has 0 aliphatic heterocycles. The van der Waals surface area contributed by atoms with Gasteiger partial charge < -0.3 is 9.47 Å². The van der Waals surface area contributed by atoms with Crippen LogP contribution in [-0.4, -0.2) is 31.8 Å². The van der Waals surface area contributed by atoms with Crippen molar-refractivity contribution in [2.45, 2.75) is 25.9 Å². The third-order valence-corrected chi connectivity index (χ3v) is 4.60. The first-order valence-corrected chi connectivity index (χ1v) is 8.74. The first kappa shape index (κ1) is 21.1. The predicted molar refractivity (Wildman–Crippen MR) is 96.0 cm³/mol. The molecule has 8 heteroatoms. The number of alkyl halides is 4. The van der Waals surface area contributed by atoms with E-state index in [2.05, 4.69) is 0 Å². The summed E-state index contributed by atoms with van der Waals surface area (Å²) >= 11 is 1.38. The molecule has 1 heterocycles. The Morgan fingerprint density at radius 2 is 2.00 bits per heavy atom. The third-order valence-electron chi connectivity index (χ3n) is 3.59. The van der Waals surface area contributed by atoms with Crippen LogP contribution in [0.4, 0.5) is 17.6 Å². The molecule has 0 fully saturated rings. The second-order valence-corrected chi connectivity index (χ2v) is 7.02. The molecule has 1 aromatic heterocycles. The average molecular weight is 402 g/mol. The highest BCUT2D eigenvalue weighted by Crippen LogP contribution is 2.26. The molecule has 0 aliphatic rings. The number of aryl methyl sites for hydroxylation is 1. The van der Waals surface area contributed by atoms with Crippen LogP contribution in [0.5, 0.6) is 5.75 Å². The van der Waals surface area contributed by atoms with Crippen LogP contribution in [0.3, 0.4) is 0 Å². The standard InChI is InChI=1S/C19H18F4O3S/c1-12-3-8-17(27-12)15(24)6-4-13-5-7-16(25-2)14(9-13)10-26-11-19(22,23)18(20)21/h3-9,18H,10-11H2,1-2H3/b6-4+. The van der Waals surface area contributed by atoms with Gasteiger partial charge in [0.2, 0.25) is 0 Å². The minimum absolute atomic E-state index is 0.154. The van der Waals surface area contributed by atoms with Crippen LogP contribution in [0.25, 0.3) is 6.08 Å². The zero-order valence-corrected chi connectivity index (χ0v) is 15.5. The molecule has 1 aromatic carbocycles. The smallest absolute Gasteiger partial charge is 0.330 e. The number of carbonyl (C=O) groups is 1. The van der Waals surface area contributed by atoms with Gasteiger partial charge >= 0.3 is 12.3 Å². The number of allylic oxidation sites excluding steroid dienone is 1.